The summed E-state index contributed by atoms with van der Waals surface area (Å²) < 4.78 is 62.6. The van der Waals surface area contributed by atoms with Gasteiger partial charge in [0, 0.05) is 43.4 Å². The molecule has 0 radical (unpaired) electrons. The van der Waals surface area contributed by atoms with E-state index in [-0.39, 0.29) is 71.1 Å². The largest absolute Gasteiger partial charge is 0.743 e. The van der Waals surface area contributed by atoms with E-state index >= 15 is 0 Å². The quantitative estimate of drug-likeness (QED) is 0.349. The third-order valence-electron chi connectivity index (χ3n) is 10.5. The molecule has 4 fully saturated rings. The first-order chi connectivity index (χ1) is 17.0. The Morgan fingerprint density at radius 1 is 1.14 bits per heavy atom. The van der Waals surface area contributed by atoms with Gasteiger partial charge in [0.05, 0.1) is 0 Å². The molecule has 208 valence electrons. The number of hydrogen-bond acceptors (Lipinski definition) is 8. The highest BCUT2D eigenvalue weighted by Gasteiger charge is 2.66. The number of esters is 1. The fraction of sp³-hybridized carbons (Fsp3) is 0.846. The minimum Gasteiger partial charge on any atom is -0.743 e. The van der Waals surface area contributed by atoms with E-state index in [1.54, 1.807) is 0 Å². The van der Waals surface area contributed by atoms with Crippen molar-refractivity contribution in [3.05, 3.63) is 0 Å². The van der Waals surface area contributed by atoms with E-state index in [0.717, 1.165) is 0 Å². The molecule has 0 aromatic carbocycles. The number of fused-ring (bicyclic) bond motifs is 5. The second kappa shape index (κ2) is 9.47. The van der Waals surface area contributed by atoms with Crippen LogP contribution in [0.4, 0.5) is 8.78 Å². The van der Waals surface area contributed by atoms with E-state index in [0.29, 0.717) is 44.9 Å². The Morgan fingerprint density at radius 3 is 2.46 bits per heavy atom. The molecule has 0 spiro atoms. The van der Waals surface area contributed by atoms with Crippen LogP contribution in [0.5, 0.6) is 0 Å². The summed E-state index contributed by atoms with van der Waals surface area (Å²) in [6.45, 7) is 4.12. The van der Waals surface area contributed by atoms with Crippen LogP contribution in [0, 0.1) is 46.3 Å². The maximum absolute atomic E-state index is 13.8. The van der Waals surface area contributed by atoms with Gasteiger partial charge in [0.2, 0.25) is 0 Å². The third-order valence-corrected chi connectivity index (χ3v) is 11.3. The zero-order valence-electron chi connectivity index (χ0n) is 21.5. The summed E-state index contributed by atoms with van der Waals surface area (Å²) in [4.78, 5) is 51.3. The van der Waals surface area contributed by atoms with Crippen LogP contribution in [0.2, 0.25) is 0 Å². The lowest BCUT2D eigenvalue weighted by molar-refractivity contribution is -0.166. The average Bonchev–Trinajstić information content (AvgIpc) is 3.16. The highest BCUT2D eigenvalue weighted by molar-refractivity contribution is 7.86. The minimum absolute atomic E-state index is 0.00854. The Balaban J connectivity index is 1.44. The molecule has 4 aliphatic carbocycles. The van der Waals surface area contributed by atoms with Gasteiger partial charge in [-0.15, -0.1) is 0 Å². The Labute approximate surface area is 216 Å². The van der Waals surface area contributed by atoms with Gasteiger partial charge in [-0.05, 0) is 60.7 Å². The molecule has 0 heterocycles. The summed E-state index contributed by atoms with van der Waals surface area (Å²) in [5.41, 5.74) is -0.950. The van der Waals surface area contributed by atoms with Crippen molar-refractivity contribution < 1.29 is 45.7 Å². The summed E-state index contributed by atoms with van der Waals surface area (Å²) in [5.74, 6) is -1.26. The fourth-order valence-electron chi connectivity index (χ4n) is 8.25. The zero-order chi connectivity index (χ0) is 27.6. The number of carbonyl (C=O) groups is 4. The number of ether oxygens (including phenoxy) is 1. The van der Waals surface area contributed by atoms with Crippen LogP contribution in [0.1, 0.15) is 78.6 Å². The first-order valence-electron chi connectivity index (χ1n) is 13.1. The molecule has 0 aliphatic heterocycles. The van der Waals surface area contributed by atoms with Crippen LogP contribution in [0.25, 0.3) is 0 Å². The Bertz CT molecular complexity index is 1100. The second-order valence-corrected chi connectivity index (χ2v) is 13.7. The Hall–Kier alpha value is -1.75. The van der Waals surface area contributed by atoms with Crippen molar-refractivity contribution in [3.63, 3.8) is 0 Å². The van der Waals surface area contributed by atoms with Gasteiger partial charge in [0.1, 0.15) is 17.3 Å². The number of rotatable bonds is 7. The van der Waals surface area contributed by atoms with E-state index in [2.05, 4.69) is 11.7 Å². The van der Waals surface area contributed by atoms with Crippen molar-refractivity contribution in [2.75, 3.05) is 6.61 Å². The molecule has 37 heavy (non-hydrogen) atoms. The molecule has 8 atom stereocenters. The number of halogens is 2. The van der Waals surface area contributed by atoms with Crippen molar-refractivity contribution >= 4 is 33.4 Å². The van der Waals surface area contributed by atoms with Crippen LogP contribution in [0.3, 0.4) is 0 Å². The van der Waals surface area contributed by atoms with Crippen LogP contribution < -0.4 is 0 Å². The van der Waals surface area contributed by atoms with Gasteiger partial charge in [0.15, 0.2) is 16.7 Å². The number of hydrogen-bond donors (Lipinski definition) is 0. The van der Waals surface area contributed by atoms with E-state index in [4.69, 9.17) is 0 Å². The molecule has 4 aliphatic rings. The summed E-state index contributed by atoms with van der Waals surface area (Å²) in [6, 6.07) is 0. The van der Waals surface area contributed by atoms with E-state index in [1.807, 2.05) is 13.8 Å². The summed E-state index contributed by atoms with van der Waals surface area (Å²) in [7, 11) is -5.94. The topological polar surface area (TPSA) is 135 Å². The van der Waals surface area contributed by atoms with Gasteiger partial charge in [-0.1, -0.05) is 20.8 Å². The highest BCUT2D eigenvalue weighted by Crippen LogP contribution is 2.66. The standard InChI is InChI=1S/C26H36F2O8S/c1-14(4-7-22(32)36-13-26(27,28)37(33,34)35)17-5-6-18-23-19(12-21(31)25(17,18)3)24(2)9-8-16(29)10-15(24)11-20(23)30/h14-15,17-19,23H,4-13H2,1-3H3,(H,33,34,35)/p-1. The average molecular weight is 546 g/mol. The van der Waals surface area contributed by atoms with Crippen LogP contribution >= 0.6 is 0 Å². The maximum Gasteiger partial charge on any atom is 0.367 e. The molecule has 8 unspecified atom stereocenters. The number of Topliss-reactive ketones (excluding diaryl/α,β-unsaturated/α-hetero) is 3. The van der Waals surface area contributed by atoms with Crippen LogP contribution in [0.15, 0.2) is 0 Å². The molecule has 0 saturated heterocycles. The number of alkyl halides is 2. The highest BCUT2D eigenvalue weighted by atomic mass is 32.2. The lowest BCUT2D eigenvalue weighted by Crippen LogP contribution is -2.60. The van der Waals surface area contributed by atoms with Crippen molar-refractivity contribution in [2.45, 2.75) is 83.8 Å². The maximum atomic E-state index is 13.8. The summed E-state index contributed by atoms with van der Waals surface area (Å²) in [6.07, 6.45) is 3.66. The predicted octanol–water partition coefficient (Wildman–Crippen LogP) is 3.67. The lowest BCUT2D eigenvalue weighted by atomic mass is 9.44. The molecule has 11 heteroatoms. The minimum atomic E-state index is -5.94. The fourth-order valence-corrected chi connectivity index (χ4v) is 8.45. The first kappa shape index (κ1) is 28.3. The monoisotopic (exact) mass is 545 g/mol. The molecule has 4 rings (SSSR count). The van der Waals surface area contributed by atoms with Crippen LogP contribution in [-0.4, -0.2) is 48.2 Å². The molecule has 0 aromatic heterocycles. The summed E-state index contributed by atoms with van der Waals surface area (Å²) >= 11 is 0. The molecule has 0 amide bonds. The van der Waals surface area contributed by atoms with E-state index in [9.17, 15) is 40.9 Å². The van der Waals surface area contributed by atoms with Gasteiger partial charge in [0.25, 0.3) is 0 Å². The molecule has 0 N–H and O–H groups in total. The Morgan fingerprint density at radius 2 is 1.81 bits per heavy atom. The van der Waals surface area contributed by atoms with Gasteiger partial charge >= 0.3 is 11.2 Å². The van der Waals surface area contributed by atoms with Crippen molar-refractivity contribution in [1.29, 1.82) is 0 Å². The van der Waals surface area contributed by atoms with Gasteiger partial charge in [-0.2, -0.15) is 8.78 Å². The smallest absolute Gasteiger partial charge is 0.367 e. The van der Waals surface area contributed by atoms with Gasteiger partial charge < -0.3 is 9.29 Å². The van der Waals surface area contributed by atoms with E-state index in [1.165, 1.54) is 0 Å². The first-order valence-corrected chi connectivity index (χ1v) is 14.5. The number of ketones is 3. The van der Waals surface area contributed by atoms with Gasteiger partial charge in [-0.3, -0.25) is 19.2 Å². The molecular formula is C26H35F2O8S-. The third kappa shape index (κ3) is 4.68. The molecular weight excluding hydrogens is 510 g/mol. The van der Waals surface area contributed by atoms with Crippen molar-refractivity contribution in [2.24, 2.45) is 46.3 Å². The van der Waals surface area contributed by atoms with E-state index < -0.39 is 33.4 Å². The van der Waals surface area contributed by atoms with Crippen LogP contribution in [-0.2, 0) is 34.0 Å². The molecule has 4 saturated carbocycles. The van der Waals surface area contributed by atoms with Crippen molar-refractivity contribution in [3.8, 4) is 0 Å². The SMILES string of the molecule is CC(CCC(=O)OCC(F)(F)S(=O)(=O)[O-])C1CCC2C3C(=O)CC4CC(=O)CCC4(C)C3CC(=O)C12C. The predicted molar refractivity (Wildman–Crippen MR) is 125 cm³/mol. The summed E-state index contributed by atoms with van der Waals surface area (Å²) in [5, 5.41) is -4.70. The zero-order valence-corrected chi connectivity index (χ0v) is 22.3. The van der Waals surface area contributed by atoms with Gasteiger partial charge in [-0.25, -0.2) is 8.42 Å². The molecule has 8 nitrogen and oxygen atoms in total. The number of carbonyl (C=O) groups excluding carboxylic acids is 4. The normalized spacial score (nSPS) is 39.0. The lowest BCUT2D eigenvalue weighted by Gasteiger charge is -2.58. The molecule has 0 bridgehead atoms. The molecule has 0 aromatic rings. The second-order valence-electron chi connectivity index (χ2n) is 12.2. The van der Waals surface area contributed by atoms with Crippen molar-refractivity contribution in [1.82, 2.24) is 0 Å². The Kier molecular flexibility index (Phi) is 7.23.